The number of hydrogen-bond acceptors (Lipinski definition) is 5. The topological polar surface area (TPSA) is 79.4 Å². The van der Waals surface area contributed by atoms with Crippen molar-refractivity contribution in [3.05, 3.63) is 81.9 Å². The molecule has 3 amide bonds. The van der Waals surface area contributed by atoms with Crippen LogP contribution in [0, 0.1) is 6.92 Å². The van der Waals surface area contributed by atoms with Crippen LogP contribution < -0.4 is 5.32 Å². The lowest BCUT2D eigenvalue weighted by atomic mass is 10.1. The van der Waals surface area contributed by atoms with Gasteiger partial charge in [0, 0.05) is 30.5 Å². The molecule has 0 saturated heterocycles. The SMILES string of the molecule is Cc1ccc(Cc2cnc(NC(=O)CCN3C(=O)c4ccccc4C3=O)s2)cc1. The van der Waals surface area contributed by atoms with E-state index in [1.165, 1.54) is 22.5 Å². The molecular weight excluding hydrogens is 386 g/mol. The summed E-state index contributed by atoms with van der Waals surface area (Å²) in [6.07, 6.45) is 2.53. The Hall–Kier alpha value is -3.32. The minimum atomic E-state index is -0.354. The molecule has 4 rings (SSSR count). The minimum Gasteiger partial charge on any atom is -0.302 e. The van der Waals surface area contributed by atoms with Gasteiger partial charge in [0.05, 0.1) is 11.1 Å². The van der Waals surface area contributed by atoms with E-state index in [1.54, 1.807) is 30.5 Å². The molecule has 29 heavy (non-hydrogen) atoms. The van der Waals surface area contributed by atoms with Crippen LogP contribution >= 0.6 is 11.3 Å². The van der Waals surface area contributed by atoms with Crippen molar-refractivity contribution in [2.45, 2.75) is 19.8 Å². The van der Waals surface area contributed by atoms with Crippen LogP contribution in [-0.4, -0.2) is 34.2 Å². The monoisotopic (exact) mass is 405 g/mol. The van der Waals surface area contributed by atoms with Crippen LogP contribution in [0.5, 0.6) is 0 Å². The van der Waals surface area contributed by atoms with E-state index in [9.17, 15) is 14.4 Å². The zero-order valence-corrected chi connectivity index (χ0v) is 16.7. The van der Waals surface area contributed by atoms with E-state index in [2.05, 4.69) is 34.6 Å². The Labute approximate surface area is 172 Å². The van der Waals surface area contributed by atoms with Gasteiger partial charge in [-0.25, -0.2) is 4.98 Å². The smallest absolute Gasteiger partial charge is 0.261 e. The molecule has 0 fully saturated rings. The summed E-state index contributed by atoms with van der Waals surface area (Å²) in [4.78, 5) is 43.4. The third kappa shape index (κ3) is 4.09. The standard InChI is InChI=1S/C22H19N3O3S/c1-14-6-8-15(9-7-14)12-16-13-23-22(29-16)24-19(26)10-11-25-20(27)17-4-2-3-5-18(17)21(25)28/h2-9,13H,10-12H2,1H3,(H,23,24,26). The molecule has 0 bridgehead atoms. The molecule has 0 spiro atoms. The zero-order chi connectivity index (χ0) is 20.4. The lowest BCUT2D eigenvalue weighted by Crippen LogP contribution is -2.32. The molecule has 146 valence electrons. The molecule has 2 heterocycles. The number of carbonyl (C=O) groups is 3. The van der Waals surface area contributed by atoms with Gasteiger partial charge in [-0.1, -0.05) is 42.0 Å². The Balaban J connectivity index is 1.32. The number of rotatable bonds is 6. The second-order valence-electron chi connectivity index (χ2n) is 6.90. The predicted molar refractivity (Wildman–Crippen MR) is 111 cm³/mol. The first-order chi connectivity index (χ1) is 14.0. The molecule has 1 aliphatic heterocycles. The van der Waals surface area contributed by atoms with Crippen molar-refractivity contribution in [2.75, 3.05) is 11.9 Å². The van der Waals surface area contributed by atoms with Crippen LogP contribution in [0.1, 0.15) is 43.1 Å². The van der Waals surface area contributed by atoms with Gasteiger partial charge in [-0.05, 0) is 24.6 Å². The fourth-order valence-corrected chi connectivity index (χ4v) is 4.05. The van der Waals surface area contributed by atoms with Gasteiger partial charge in [0.25, 0.3) is 11.8 Å². The Morgan fingerprint density at radius 3 is 2.34 bits per heavy atom. The van der Waals surface area contributed by atoms with Crippen LogP contribution in [0.2, 0.25) is 0 Å². The highest BCUT2D eigenvalue weighted by Gasteiger charge is 2.34. The molecule has 7 heteroatoms. The molecule has 1 aromatic heterocycles. The van der Waals surface area contributed by atoms with Gasteiger partial charge in [-0.15, -0.1) is 11.3 Å². The summed E-state index contributed by atoms with van der Waals surface area (Å²) >= 11 is 1.42. The van der Waals surface area contributed by atoms with Crippen molar-refractivity contribution < 1.29 is 14.4 Å². The summed E-state index contributed by atoms with van der Waals surface area (Å²) in [5, 5.41) is 3.26. The van der Waals surface area contributed by atoms with E-state index in [1.807, 2.05) is 6.92 Å². The highest BCUT2D eigenvalue weighted by molar-refractivity contribution is 7.15. The first-order valence-corrected chi connectivity index (χ1v) is 10.1. The molecule has 0 aliphatic carbocycles. The van der Waals surface area contributed by atoms with Gasteiger partial charge < -0.3 is 5.32 Å². The second-order valence-corrected chi connectivity index (χ2v) is 8.02. The van der Waals surface area contributed by atoms with E-state index < -0.39 is 0 Å². The van der Waals surface area contributed by atoms with Crippen molar-refractivity contribution in [3.8, 4) is 0 Å². The third-order valence-electron chi connectivity index (χ3n) is 4.74. The number of anilines is 1. The van der Waals surface area contributed by atoms with Crippen LogP contribution in [0.4, 0.5) is 5.13 Å². The van der Waals surface area contributed by atoms with Crippen molar-refractivity contribution in [3.63, 3.8) is 0 Å². The minimum absolute atomic E-state index is 0.0261. The Morgan fingerprint density at radius 2 is 1.69 bits per heavy atom. The number of hydrogen-bond donors (Lipinski definition) is 1. The highest BCUT2D eigenvalue weighted by atomic mass is 32.1. The number of thiazole rings is 1. The fraction of sp³-hybridized carbons (Fsp3) is 0.182. The van der Waals surface area contributed by atoms with Crippen LogP contribution in [-0.2, 0) is 11.2 Å². The second kappa shape index (κ2) is 7.97. The van der Waals surface area contributed by atoms with Gasteiger partial charge in [0.2, 0.25) is 5.91 Å². The Morgan fingerprint density at radius 1 is 1.03 bits per heavy atom. The summed E-state index contributed by atoms with van der Waals surface area (Å²) in [5.74, 6) is -0.987. The predicted octanol–water partition coefficient (Wildman–Crippen LogP) is 3.67. The molecule has 0 atom stereocenters. The number of fused-ring (bicyclic) bond motifs is 1. The van der Waals surface area contributed by atoms with Crippen molar-refractivity contribution >= 4 is 34.2 Å². The van der Waals surface area contributed by atoms with E-state index >= 15 is 0 Å². The van der Waals surface area contributed by atoms with Crippen LogP contribution in [0.15, 0.2) is 54.7 Å². The molecule has 2 aromatic carbocycles. The molecule has 3 aromatic rings. The highest BCUT2D eigenvalue weighted by Crippen LogP contribution is 2.24. The average molecular weight is 405 g/mol. The average Bonchev–Trinajstić information content (AvgIpc) is 3.25. The summed E-state index contributed by atoms with van der Waals surface area (Å²) in [7, 11) is 0. The van der Waals surface area contributed by atoms with Crippen molar-refractivity contribution in [1.29, 1.82) is 0 Å². The van der Waals surface area contributed by atoms with Crippen LogP contribution in [0.3, 0.4) is 0 Å². The maximum atomic E-state index is 12.3. The van der Waals surface area contributed by atoms with Gasteiger partial charge >= 0.3 is 0 Å². The van der Waals surface area contributed by atoms with Gasteiger partial charge in [0.15, 0.2) is 5.13 Å². The summed E-state index contributed by atoms with van der Waals surface area (Å²) < 4.78 is 0. The fourth-order valence-electron chi connectivity index (χ4n) is 3.19. The largest absolute Gasteiger partial charge is 0.302 e. The molecule has 0 unspecified atom stereocenters. The normalized spacial score (nSPS) is 12.9. The number of aromatic nitrogens is 1. The third-order valence-corrected chi connectivity index (χ3v) is 5.65. The number of aryl methyl sites for hydroxylation is 1. The van der Waals surface area contributed by atoms with Crippen molar-refractivity contribution in [1.82, 2.24) is 9.88 Å². The maximum absolute atomic E-state index is 12.3. The van der Waals surface area contributed by atoms with E-state index in [4.69, 9.17) is 0 Å². The number of carbonyl (C=O) groups excluding carboxylic acids is 3. The van der Waals surface area contributed by atoms with Gasteiger partial charge in [-0.3, -0.25) is 19.3 Å². The molecule has 0 saturated carbocycles. The Bertz CT molecular complexity index is 1050. The van der Waals surface area contributed by atoms with Crippen LogP contribution in [0.25, 0.3) is 0 Å². The number of imide groups is 1. The lowest BCUT2D eigenvalue weighted by molar-refractivity contribution is -0.116. The quantitative estimate of drug-likeness (QED) is 0.635. The first-order valence-electron chi connectivity index (χ1n) is 9.26. The Kier molecular flexibility index (Phi) is 5.22. The molecule has 1 N–H and O–H groups in total. The number of benzene rings is 2. The summed E-state index contributed by atoms with van der Waals surface area (Å²) in [6.45, 7) is 2.09. The number of amides is 3. The van der Waals surface area contributed by atoms with Crippen molar-refractivity contribution in [2.24, 2.45) is 0 Å². The number of nitrogens with zero attached hydrogens (tertiary/aromatic N) is 2. The van der Waals surface area contributed by atoms with E-state index in [-0.39, 0.29) is 30.7 Å². The zero-order valence-electron chi connectivity index (χ0n) is 15.8. The summed E-state index contributed by atoms with van der Waals surface area (Å²) in [5.41, 5.74) is 3.17. The maximum Gasteiger partial charge on any atom is 0.261 e. The van der Waals surface area contributed by atoms with E-state index in [0.717, 1.165) is 16.2 Å². The van der Waals surface area contributed by atoms with Gasteiger partial charge in [0.1, 0.15) is 0 Å². The molecule has 0 radical (unpaired) electrons. The molecular formula is C22H19N3O3S. The molecule has 1 aliphatic rings. The first kappa shape index (κ1) is 19.0. The van der Waals surface area contributed by atoms with E-state index in [0.29, 0.717) is 16.3 Å². The molecule has 6 nitrogen and oxygen atoms in total. The lowest BCUT2D eigenvalue weighted by Gasteiger charge is -2.12. The summed E-state index contributed by atoms with van der Waals surface area (Å²) in [6, 6.07) is 15.0. The van der Waals surface area contributed by atoms with Gasteiger partial charge in [-0.2, -0.15) is 0 Å². The number of nitrogens with one attached hydrogen (secondary N) is 1.